The molecule has 0 aliphatic rings. The molecule has 0 radical (unpaired) electrons. The van der Waals surface area contributed by atoms with Crippen LogP contribution in [0, 0.1) is 0 Å². The van der Waals surface area contributed by atoms with Gasteiger partial charge in [-0.3, -0.25) is 4.79 Å². The van der Waals surface area contributed by atoms with E-state index in [1.165, 1.54) is 22.1 Å². The second-order valence-electron chi connectivity index (χ2n) is 6.00. The fraction of sp³-hybridized carbons (Fsp3) is 0.278. The number of hydrogen-bond donors (Lipinski definition) is 1. The summed E-state index contributed by atoms with van der Waals surface area (Å²) in [5.41, 5.74) is 1.56. The molecule has 0 saturated heterocycles. The van der Waals surface area contributed by atoms with E-state index in [2.05, 4.69) is 14.7 Å². The molecule has 3 aromatic rings. The van der Waals surface area contributed by atoms with Crippen LogP contribution in [0.1, 0.15) is 27.5 Å². The van der Waals surface area contributed by atoms with Crippen molar-refractivity contribution >= 4 is 27.1 Å². The molecule has 27 heavy (non-hydrogen) atoms. The van der Waals surface area contributed by atoms with Crippen LogP contribution in [0.5, 0.6) is 0 Å². The Labute approximate surface area is 162 Å². The van der Waals surface area contributed by atoms with Crippen LogP contribution in [0.2, 0.25) is 0 Å². The number of benzene rings is 1. The van der Waals surface area contributed by atoms with E-state index in [1.54, 1.807) is 18.6 Å². The average Bonchev–Trinajstić information content (AvgIpc) is 3.30. The van der Waals surface area contributed by atoms with Crippen LogP contribution in [0.3, 0.4) is 0 Å². The Balaban J connectivity index is 1.50. The third-order valence-corrected chi connectivity index (χ3v) is 6.34. The Morgan fingerprint density at radius 2 is 2.00 bits per heavy atom. The number of aryl methyl sites for hydroxylation is 2. The van der Waals surface area contributed by atoms with Crippen molar-refractivity contribution in [2.24, 2.45) is 7.05 Å². The van der Waals surface area contributed by atoms with Crippen LogP contribution >= 0.6 is 11.3 Å². The fourth-order valence-electron chi connectivity index (χ4n) is 2.55. The van der Waals surface area contributed by atoms with Gasteiger partial charge in [0.05, 0.1) is 5.01 Å². The molecule has 0 amide bonds. The number of sulfonamides is 1. The first kappa shape index (κ1) is 19.4. The molecule has 0 spiro atoms. The number of nitrogens with zero attached hydrogens (tertiary/aromatic N) is 3. The van der Waals surface area contributed by atoms with Gasteiger partial charge in [0, 0.05) is 44.2 Å². The first-order chi connectivity index (χ1) is 13.0. The Morgan fingerprint density at radius 3 is 2.70 bits per heavy atom. The molecule has 1 aromatic carbocycles. The zero-order chi connectivity index (χ0) is 19.3. The topological polar surface area (TPSA) is 93.9 Å². The Kier molecular flexibility index (Phi) is 6.15. The Bertz CT molecular complexity index is 1010. The molecule has 0 bridgehead atoms. The van der Waals surface area contributed by atoms with Crippen molar-refractivity contribution in [2.45, 2.75) is 24.4 Å². The van der Waals surface area contributed by atoms with Crippen molar-refractivity contribution in [1.82, 2.24) is 19.3 Å². The van der Waals surface area contributed by atoms with E-state index in [1.807, 2.05) is 30.3 Å². The number of carbonyl (C=O) groups excluding carboxylic acids is 1. The molecule has 142 valence electrons. The second-order valence-corrected chi connectivity index (χ2v) is 8.61. The molecule has 3 rings (SSSR count). The molecule has 0 atom stereocenters. The minimum absolute atomic E-state index is 0.00468. The molecule has 0 aliphatic heterocycles. The zero-order valence-corrected chi connectivity index (χ0v) is 16.5. The number of imidazole rings is 1. The number of carbonyl (C=O) groups is 1. The molecule has 2 heterocycles. The monoisotopic (exact) mass is 404 g/mol. The fourth-order valence-corrected chi connectivity index (χ4v) is 4.49. The maximum absolute atomic E-state index is 12.3. The van der Waals surface area contributed by atoms with E-state index in [4.69, 9.17) is 0 Å². The summed E-state index contributed by atoms with van der Waals surface area (Å²) in [5.74, 6) is -0.00468. The second kappa shape index (κ2) is 8.55. The predicted octanol–water partition coefficient (Wildman–Crippen LogP) is 2.21. The van der Waals surface area contributed by atoms with Gasteiger partial charge in [0.1, 0.15) is 5.69 Å². The first-order valence-corrected chi connectivity index (χ1v) is 10.8. The van der Waals surface area contributed by atoms with E-state index in [0.29, 0.717) is 25.0 Å². The molecular weight excluding hydrogens is 384 g/mol. The number of thiazole rings is 1. The van der Waals surface area contributed by atoms with Gasteiger partial charge in [0.25, 0.3) is 10.0 Å². The number of rotatable bonds is 9. The zero-order valence-electron chi connectivity index (χ0n) is 14.8. The minimum Gasteiger partial charge on any atom is -0.324 e. The number of aromatic nitrogens is 3. The summed E-state index contributed by atoms with van der Waals surface area (Å²) >= 11 is 1.36. The summed E-state index contributed by atoms with van der Waals surface area (Å²) in [6, 6.07) is 9.83. The number of hydrogen-bond acceptors (Lipinski definition) is 6. The maximum atomic E-state index is 12.3. The lowest BCUT2D eigenvalue weighted by Gasteiger charge is -2.05. The minimum atomic E-state index is -3.65. The van der Waals surface area contributed by atoms with Crippen LogP contribution in [0.15, 0.2) is 53.3 Å². The molecule has 2 aromatic heterocycles. The first-order valence-electron chi connectivity index (χ1n) is 8.44. The van der Waals surface area contributed by atoms with Crippen molar-refractivity contribution in [3.63, 3.8) is 0 Å². The van der Waals surface area contributed by atoms with Gasteiger partial charge in [-0.1, -0.05) is 30.3 Å². The molecule has 0 fully saturated rings. The van der Waals surface area contributed by atoms with E-state index in [-0.39, 0.29) is 17.5 Å². The molecular formula is C18H20N4O3S2. The van der Waals surface area contributed by atoms with E-state index in [0.717, 1.165) is 10.6 Å². The molecule has 7 nitrogen and oxygen atoms in total. The molecule has 0 aliphatic carbocycles. The summed E-state index contributed by atoms with van der Waals surface area (Å²) in [4.78, 5) is 20.5. The highest BCUT2D eigenvalue weighted by atomic mass is 32.2. The summed E-state index contributed by atoms with van der Waals surface area (Å²) in [6.07, 6.45) is 4.50. The Morgan fingerprint density at radius 1 is 1.22 bits per heavy atom. The van der Waals surface area contributed by atoms with Crippen LogP contribution in [-0.2, 0) is 29.9 Å². The van der Waals surface area contributed by atoms with Crippen LogP contribution in [0.25, 0.3) is 0 Å². The van der Waals surface area contributed by atoms with Gasteiger partial charge in [-0.2, -0.15) is 0 Å². The smallest absolute Gasteiger partial charge is 0.274 e. The molecule has 0 saturated carbocycles. The third-order valence-electron chi connectivity index (χ3n) is 3.97. The van der Waals surface area contributed by atoms with Gasteiger partial charge in [-0.25, -0.2) is 23.1 Å². The molecule has 1 N–H and O–H groups in total. The average molecular weight is 405 g/mol. The van der Waals surface area contributed by atoms with E-state index < -0.39 is 10.0 Å². The van der Waals surface area contributed by atoms with Gasteiger partial charge in [-0.05, 0) is 12.0 Å². The maximum Gasteiger partial charge on any atom is 0.274 e. The van der Waals surface area contributed by atoms with Gasteiger partial charge in [0.2, 0.25) is 5.16 Å². The quantitative estimate of drug-likeness (QED) is 0.552. The summed E-state index contributed by atoms with van der Waals surface area (Å²) in [5, 5.41) is 2.43. The van der Waals surface area contributed by atoms with Crippen LogP contribution < -0.4 is 4.72 Å². The van der Waals surface area contributed by atoms with Crippen molar-refractivity contribution in [3.05, 3.63) is 64.4 Å². The highest BCUT2D eigenvalue weighted by Gasteiger charge is 2.18. The number of Topliss-reactive ketones (excluding diaryl/α,β-unsaturated/α-hetero) is 1. The third kappa shape index (κ3) is 5.09. The highest BCUT2D eigenvalue weighted by Crippen LogP contribution is 2.14. The van der Waals surface area contributed by atoms with Crippen LogP contribution in [0.4, 0.5) is 0 Å². The molecule has 0 unspecified atom stereocenters. The van der Waals surface area contributed by atoms with Crippen molar-refractivity contribution < 1.29 is 13.2 Å². The lowest BCUT2D eigenvalue weighted by Crippen LogP contribution is -2.28. The van der Waals surface area contributed by atoms with Gasteiger partial charge in [-0.15, -0.1) is 11.3 Å². The van der Waals surface area contributed by atoms with Crippen molar-refractivity contribution in [1.29, 1.82) is 0 Å². The largest absolute Gasteiger partial charge is 0.324 e. The number of nitrogens with one attached hydrogen (secondary N) is 1. The molecule has 9 heteroatoms. The van der Waals surface area contributed by atoms with Gasteiger partial charge in [0.15, 0.2) is 5.78 Å². The normalized spacial score (nSPS) is 11.6. The van der Waals surface area contributed by atoms with E-state index in [9.17, 15) is 13.2 Å². The summed E-state index contributed by atoms with van der Waals surface area (Å²) in [7, 11) is -2.03. The van der Waals surface area contributed by atoms with Crippen LogP contribution in [-0.4, -0.2) is 35.3 Å². The van der Waals surface area contributed by atoms with Gasteiger partial charge < -0.3 is 4.57 Å². The highest BCUT2D eigenvalue weighted by molar-refractivity contribution is 7.89. The summed E-state index contributed by atoms with van der Waals surface area (Å²) in [6.45, 7) is 0.195. The lowest BCUT2D eigenvalue weighted by molar-refractivity contribution is 0.0978. The van der Waals surface area contributed by atoms with Crippen molar-refractivity contribution in [3.8, 4) is 0 Å². The summed E-state index contributed by atoms with van der Waals surface area (Å²) < 4.78 is 28.3. The SMILES string of the molecule is Cn1ccnc1S(=O)(=O)NCCc1nc(C(=O)CCc2ccccc2)cs1. The Hall–Kier alpha value is -2.36. The predicted molar refractivity (Wildman–Crippen MR) is 103 cm³/mol. The lowest BCUT2D eigenvalue weighted by atomic mass is 10.1. The van der Waals surface area contributed by atoms with E-state index >= 15 is 0 Å². The standard InChI is InChI=1S/C18H20N4O3S2/c1-22-12-11-19-18(22)27(24,25)20-10-9-17-21-15(13-26-17)16(23)8-7-14-5-3-2-4-6-14/h2-6,11-13,20H,7-10H2,1H3. The number of ketones is 1. The van der Waals surface area contributed by atoms with Crippen molar-refractivity contribution in [2.75, 3.05) is 6.54 Å². The van der Waals surface area contributed by atoms with Gasteiger partial charge >= 0.3 is 0 Å².